The molecule has 14 heavy (non-hydrogen) atoms. The van der Waals surface area contributed by atoms with Gasteiger partial charge >= 0.3 is 0 Å². The summed E-state index contributed by atoms with van der Waals surface area (Å²) in [7, 11) is 1.75. The lowest BCUT2D eigenvalue weighted by Crippen LogP contribution is -2.21. The minimum Gasteiger partial charge on any atom is -0.299 e. The summed E-state index contributed by atoms with van der Waals surface area (Å²) in [5.41, 5.74) is 1.80. The van der Waals surface area contributed by atoms with Crippen molar-refractivity contribution in [2.24, 2.45) is 7.05 Å². The molecule has 0 N–H and O–H groups in total. The highest BCUT2D eigenvalue weighted by Gasteiger charge is 2.06. The molecule has 0 unspecified atom stereocenters. The largest absolute Gasteiger partial charge is 0.299 e. The molecular weight excluding hydrogens is 176 g/mol. The van der Waals surface area contributed by atoms with Crippen LogP contribution < -0.4 is 5.56 Å². The molecule has 72 valence electrons. The van der Waals surface area contributed by atoms with Gasteiger partial charge in [0, 0.05) is 7.05 Å². The van der Waals surface area contributed by atoms with E-state index in [4.69, 9.17) is 0 Å². The van der Waals surface area contributed by atoms with E-state index < -0.39 is 0 Å². The van der Waals surface area contributed by atoms with E-state index in [0.29, 0.717) is 0 Å². The highest BCUT2D eigenvalue weighted by Crippen LogP contribution is 2.11. The number of rotatable bonds is 0. The molecule has 0 aliphatic carbocycles. The summed E-state index contributed by atoms with van der Waals surface area (Å²) in [6.45, 7) is 3.77. The van der Waals surface area contributed by atoms with E-state index in [-0.39, 0.29) is 5.56 Å². The molecule has 0 spiro atoms. The van der Waals surface area contributed by atoms with Crippen LogP contribution in [0.15, 0.2) is 23.0 Å². The van der Waals surface area contributed by atoms with Gasteiger partial charge in [0.25, 0.3) is 5.56 Å². The Morgan fingerprint density at radius 2 is 2.00 bits per heavy atom. The van der Waals surface area contributed by atoms with Crippen LogP contribution in [-0.2, 0) is 7.05 Å². The molecule has 3 heteroatoms. The van der Waals surface area contributed by atoms with Crippen LogP contribution in [0.3, 0.4) is 0 Å². The molecule has 0 fully saturated rings. The second-order valence-corrected chi connectivity index (χ2v) is 3.49. The minimum atomic E-state index is 0.0330. The molecule has 2 aromatic rings. The minimum absolute atomic E-state index is 0.0330. The summed E-state index contributed by atoms with van der Waals surface area (Å²) in [5.74, 6) is 0.744. The first-order chi connectivity index (χ1) is 6.61. The average Bonchev–Trinajstić information content (AvgIpc) is 2.14. The zero-order chi connectivity index (χ0) is 10.3. The van der Waals surface area contributed by atoms with Crippen LogP contribution in [0, 0.1) is 13.8 Å². The number of hydrogen-bond donors (Lipinski definition) is 0. The van der Waals surface area contributed by atoms with E-state index in [1.165, 1.54) is 0 Å². The quantitative estimate of drug-likeness (QED) is 0.628. The van der Waals surface area contributed by atoms with Gasteiger partial charge in [0.05, 0.1) is 10.9 Å². The molecule has 2 rings (SSSR count). The maximum Gasteiger partial charge on any atom is 0.261 e. The molecule has 0 aliphatic rings. The summed E-state index contributed by atoms with van der Waals surface area (Å²) in [6, 6.07) is 5.72. The molecule has 1 aromatic heterocycles. The van der Waals surface area contributed by atoms with Gasteiger partial charge < -0.3 is 0 Å². The van der Waals surface area contributed by atoms with Gasteiger partial charge in [-0.3, -0.25) is 9.36 Å². The van der Waals surface area contributed by atoms with Gasteiger partial charge in [0.15, 0.2) is 0 Å². The fraction of sp³-hybridized carbons (Fsp3) is 0.273. The number of aromatic nitrogens is 2. The first-order valence-corrected chi connectivity index (χ1v) is 4.54. The smallest absolute Gasteiger partial charge is 0.261 e. The van der Waals surface area contributed by atoms with Crippen molar-refractivity contribution < 1.29 is 0 Å². The van der Waals surface area contributed by atoms with Crippen LogP contribution in [0.1, 0.15) is 11.4 Å². The molecular formula is C11H12N2O. The first kappa shape index (κ1) is 8.94. The van der Waals surface area contributed by atoms with Crippen molar-refractivity contribution in [2.75, 3.05) is 0 Å². The number of hydrogen-bond acceptors (Lipinski definition) is 2. The van der Waals surface area contributed by atoms with Crippen LogP contribution >= 0.6 is 0 Å². The molecule has 0 saturated heterocycles. The van der Waals surface area contributed by atoms with Crippen LogP contribution in [0.25, 0.3) is 10.9 Å². The Morgan fingerprint density at radius 1 is 1.29 bits per heavy atom. The predicted molar refractivity (Wildman–Crippen MR) is 56.5 cm³/mol. The number of aryl methyl sites for hydroxylation is 2. The van der Waals surface area contributed by atoms with Crippen LogP contribution in [0.4, 0.5) is 0 Å². The highest BCUT2D eigenvalue weighted by molar-refractivity contribution is 5.80. The van der Waals surface area contributed by atoms with E-state index in [2.05, 4.69) is 4.98 Å². The lowest BCUT2D eigenvalue weighted by Gasteiger charge is -2.06. The fourth-order valence-corrected chi connectivity index (χ4v) is 1.59. The van der Waals surface area contributed by atoms with Crippen molar-refractivity contribution in [1.82, 2.24) is 9.55 Å². The summed E-state index contributed by atoms with van der Waals surface area (Å²) >= 11 is 0. The maximum atomic E-state index is 11.9. The molecule has 0 atom stereocenters. The fourth-order valence-electron chi connectivity index (χ4n) is 1.59. The molecule has 1 heterocycles. The third-order valence-corrected chi connectivity index (χ3v) is 2.54. The Balaban J connectivity index is 3.07. The van der Waals surface area contributed by atoms with E-state index >= 15 is 0 Å². The Labute approximate surface area is 82.0 Å². The van der Waals surface area contributed by atoms with Gasteiger partial charge in [-0.05, 0) is 25.5 Å². The molecule has 3 nitrogen and oxygen atoms in total. The Morgan fingerprint density at radius 3 is 2.71 bits per heavy atom. The van der Waals surface area contributed by atoms with Crippen LogP contribution in [0.2, 0.25) is 0 Å². The Bertz CT molecular complexity index is 555. The van der Waals surface area contributed by atoms with Gasteiger partial charge in [-0.2, -0.15) is 0 Å². The van der Waals surface area contributed by atoms with Crippen molar-refractivity contribution in [3.05, 3.63) is 39.9 Å². The van der Waals surface area contributed by atoms with E-state index in [0.717, 1.165) is 22.3 Å². The number of fused-ring (bicyclic) bond motifs is 1. The van der Waals surface area contributed by atoms with E-state index in [9.17, 15) is 4.79 Å². The highest BCUT2D eigenvalue weighted by atomic mass is 16.1. The van der Waals surface area contributed by atoms with E-state index in [1.54, 1.807) is 11.6 Å². The molecule has 0 bridgehead atoms. The van der Waals surface area contributed by atoms with Crippen molar-refractivity contribution in [3.8, 4) is 0 Å². The topological polar surface area (TPSA) is 34.9 Å². The number of benzene rings is 1. The predicted octanol–water partition coefficient (Wildman–Crippen LogP) is 1.55. The van der Waals surface area contributed by atoms with Crippen molar-refractivity contribution in [1.29, 1.82) is 0 Å². The van der Waals surface area contributed by atoms with Gasteiger partial charge in [0.2, 0.25) is 0 Å². The van der Waals surface area contributed by atoms with Gasteiger partial charge in [-0.25, -0.2) is 4.98 Å². The molecule has 0 amide bonds. The first-order valence-electron chi connectivity index (χ1n) is 4.54. The standard InChI is InChI=1S/C11H12N2O/c1-7-5-4-6-9-10(7)11(14)13(3)8(2)12-9/h4-6H,1-3H3. The van der Waals surface area contributed by atoms with Crippen molar-refractivity contribution in [3.63, 3.8) is 0 Å². The van der Waals surface area contributed by atoms with Crippen LogP contribution in [0.5, 0.6) is 0 Å². The second-order valence-electron chi connectivity index (χ2n) is 3.49. The molecule has 0 radical (unpaired) electrons. The second kappa shape index (κ2) is 2.94. The van der Waals surface area contributed by atoms with Gasteiger partial charge in [-0.1, -0.05) is 12.1 Å². The summed E-state index contributed by atoms with van der Waals surface area (Å²) in [5, 5.41) is 0.723. The van der Waals surface area contributed by atoms with Crippen molar-refractivity contribution in [2.45, 2.75) is 13.8 Å². The summed E-state index contributed by atoms with van der Waals surface area (Å²) < 4.78 is 1.58. The lowest BCUT2D eigenvalue weighted by molar-refractivity contribution is 0.792. The normalized spacial score (nSPS) is 10.8. The Hall–Kier alpha value is -1.64. The lowest BCUT2D eigenvalue weighted by atomic mass is 10.1. The van der Waals surface area contributed by atoms with E-state index in [1.807, 2.05) is 32.0 Å². The third kappa shape index (κ3) is 1.13. The zero-order valence-corrected chi connectivity index (χ0v) is 8.53. The zero-order valence-electron chi connectivity index (χ0n) is 8.53. The molecule has 0 saturated carbocycles. The monoisotopic (exact) mass is 188 g/mol. The maximum absolute atomic E-state index is 11.9. The Kier molecular flexibility index (Phi) is 1.88. The van der Waals surface area contributed by atoms with Crippen molar-refractivity contribution >= 4 is 10.9 Å². The number of nitrogens with zero attached hydrogens (tertiary/aromatic N) is 2. The third-order valence-electron chi connectivity index (χ3n) is 2.54. The van der Waals surface area contributed by atoms with Crippen LogP contribution in [-0.4, -0.2) is 9.55 Å². The molecule has 0 aliphatic heterocycles. The van der Waals surface area contributed by atoms with Gasteiger partial charge in [0.1, 0.15) is 5.82 Å². The SMILES string of the molecule is Cc1cccc2nc(C)n(C)c(=O)c12. The summed E-state index contributed by atoms with van der Waals surface area (Å²) in [4.78, 5) is 16.3. The van der Waals surface area contributed by atoms with Gasteiger partial charge in [-0.15, -0.1) is 0 Å². The molecule has 1 aromatic carbocycles. The average molecular weight is 188 g/mol. The summed E-state index contributed by atoms with van der Waals surface area (Å²) in [6.07, 6.45) is 0.